The van der Waals surface area contributed by atoms with Gasteiger partial charge in [-0.2, -0.15) is 0 Å². The van der Waals surface area contributed by atoms with Gasteiger partial charge in [0, 0.05) is 68.2 Å². The maximum atomic E-state index is 7.08. The number of benzene rings is 5. The maximum absolute atomic E-state index is 7.08. The molecule has 0 radical (unpaired) electrons. The van der Waals surface area contributed by atoms with E-state index in [9.17, 15) is 0 Å². The van der Waals surface area contributed by atoms with Gasteiger partial charge >= 0.3 is 0 Å². The summed E-state index contributed by atoms with van der Waals surface area (Å²) < 4.78 is 57.5. The summed E-state index contributed by atoms with van der Waals surface area (Å²) in [4.78, 5) is 0. The summed E-state index contributed by atoms with van der Waals surface area (Å²) in [5.74, 6) is 5.76. The highest BCUT2D eigenvalue weighted by molar-refractivity contribution is 9.11. The molecule has 5 aromatic rings. The molecule has 10 rings (SSSR count). The highest BCUT2D eigenvalue weighted by atomic mass is 79.9. The van der Waals surface area contributed by atoms with Crippen molar-refractivity contribution in [3.8, 4) is 57.1 Å². The Labute approximate surface area is 440 Å². The molecule has 372 valence electrons. The van der Waals surface area contributed by atoms with Crippen LogP contribution in [0, 0.1) is 6.92 Å². The molecule has 4 aliphatic heterocycles. The zero-order chi connectivity index (χ0) is 48.5. The van der Waals surface area contributed by atoms with E-state index in [1.165, 1.54) is 0 Å². The number of rotatable bonds is 17. The molecular formula is C59H67Br3O8. The van der Waals surface area contributed by atoms with E-state index < -0.39 is 0 Å². The molecule has 0 fully saturated rings. The van der Waals surface area contributed by atoms with E-state index in [0.29, 0.717) is 0 Å². The van der Waals surface area contributed by atoms with Crippen molar-refractivity contribution < 1.29 is 37.9 Å². The van der Waals surface area contributed by atoms with Crippen LogP contribution in [0.5, 0.6) is 46.0 Å². The highest BCUT2D eigenvalue weighted by Gasteiger charge is 2.41. The first-order valence-electron chi connectivity index (χ1n) is 26.2. The second-order valence-electron chi connectivity index (χ2n) is 19.8. The number of halogens is 3. The van der Waals surface area contributed by atoms with Gasteiger partial charge < -0.3 is 37.9 Å². The number of hydrogen-bond acceptors (Lipinski definition) is 8. The summed E-state index contributed by atoms with van der Waals surface area (Å²) in [6.45, 7) is 11.3. The van der Waals surface area contributed by atoms with Crippen molar-refractivity contribution in [2.75, 3.05) is 27.2 Å². The zero-order valence-corrected chi connectivity index (χ0v) is 46.2. The largest absolute Gasteiger partial charge is 0.456 e. The molecule has 8 bridgehead atoms. The minimum Gasteiger partial charge on any atom is -0.456 e. The molecule has 0 amide bonds. The van der Waals surface area contributed by atoms with E-state index in [2.05, 4.69) is 131 Å². The molecule has 0 saturated carbocycles. The third kappa shape index (κ3) is 9.09. The maximum Gasteiger partial charge on any atom is 0.231 e. The van der Waals surface area contributed by atoms with Crippen LogP contribution in [0.1, 0.15) is 204 Å². The molecule has 4 unspecified atom stereocenters. The minimum atomic E-state index is -0.0981. The Bertz CT molecular complexity index is 2580. The van der Waals surface area contributed by atoms with Crippen LogP contribution in [0.15, 0.2) is 61.9 Å². The summed E-state index contributed by atoms with van der Waals surface area (Å²) in [7, 11) is 0. The third-order valence-corrected chi connectivity index (χ3v) is 17.6. The molecule has 70 heavy (non-hydrogen) atoms. The molecule has 0 saturated heterocycles. The third-order valence-electron chi connectivity index (χ3n) is 15.4. The standard InChI is InChI=1S/C59H67Br3O8/c1-6-10-14-22-36-40-26-41-37(23-15-11-7-2)43-28-45-39(25-17-13-9-4)47-29-46-38(24-16-12-8-3)44-27-42(36)54-49(60)56(44)67-32-69-58(46)51(62)59(47)70-33-68-57(45)50(61)55(43)66-31-64-53(41)48(52(40)63-30-65-54)35-21-19-18-20-34(35)5/h18-21,26-29,36-39H,6-17,22-25,30-33H2,1-5H3. The molecule has 8 nitrogen and oxygen atoms in total. The Morgan fingerprint density at radius 3 is 0.900 bits per heavy atom. The van der Waals surface area contributed by atoms with Crippen molar-refractivity contribution in [1.82, 2.24) is 0 Å². The monoisotopic (exact) mass is 1140 g/mol. The van der Waals surface area contributed by atoms with Crippen LogP contribution in [0.3, 0.4) is 0 Å². The predicted molar refractivity (Wildman–Crippen MR) is 287 cm³/mol. The van der Waals surface area contributed by atoms with Gasteiger partial charge in [-0.25, -0.2) is 0 Å². The number of aryl methyl sites for hydroxylation is 1. The van der Waals surface area contributed by atoms with Gasteiger partial charge in [0.2, 0.25) is 27.2 Å². The van der Waals surface area contributed by atoms with Gasteiger partial charge in [0.1, 0.15) is 59.4 Å². The van der Waals surface area contributed by atoms with Crippen molar-refractivity contribution in [1.29, 1.82) is 0 Å². The van der Waals surface area contributed by atoms with E-state index >= 15 is 0 Å². The topological polar surface area (TPSA) is 73.8 Å². The first-order chi connectivity index (χ1) is 34.3. The van der Waals surface area contributed by atoms with Crippen molar-refractivity contribution >= 4 is 47.8 Å². The minimum absolute atomic E-state index is 0.000591. The summed E-state index contributed by atoms with van der Waals surface area (Å²) in [6, 6.07) is 18.4. The molecule has 4 atom stereocenters. The van der Waals surface area contributed by atoms with Gasteiger partial charge in [0.15, 0.2) is 0 Å². The molecule has 5 aromatic carbocycles. The van der Waals surface area contributed by atoms with E-state index in [1.807, 2.05) is 0 Å². The van der Waals surface area contributed by atoms with Crippen molar-refractivity contribution in [2.24, 2.45) is 0 Å². The van der Waals surface area contributed by atoms with Crippen LogP contribution in [0.4, 0.5) is 0 Å². The average molecular weight is 1140 g/mol. The molecule has 4 heterocycles. The second kappa shape index (κ2) is 22.0. The van der Waals surface area contributed by atoms with Crippen molar-refractivity contribution in [3.05, 3.63) is 112 Å². The van der Waals surface area contributed by atoms with Crippen molar-refractivity contribution in [3.63, 3.8) is 0 Å². The number of ether oxygens (including phenoxy) is 8. The van der Waals surface area contributed by atoms with Gasteiger partial charge in [-0.1, -0.05) is 129 Å². The van der Waals surface area contributed by atoms with Crippen LogP contribution in [-0.2, 0) is 0 Å². The average Bonchev–Trinajstić information content (AvgIpc) is 3.33. The summed E-state index contributed by atoms with van der Waals surface area (Å²) in [6.07, 6.45) is 16.6. The Kier molecular flexibility index (Phi) is 15.5. The van der Waals surface area contributed by atoms with Crippen LogP contribution in [0.2, 0.25) is 0 Å². The molecule has 1 aliphatic carbocycles. The van der Waals surface area contributed by atoms with E-state index in [4.69, 9.17) is 37.9 Å². The fourth-order valence-corrected chi connectivity index (χ4v) is 14.0. The lowest BCUT2D eigenvalue weighted by molar-refractivity contribution is 0.0966. The van der Waals surface area contributed by atoms with Gasteiger partial charge in [0.05, 0.1) is 5.56 Å². The van der Waals surface area contributed by atoms with Crippen LogP contribution in [-0.4, -0.2) is 27.2 Å². The summed E-state index contributed by atoms with van der Waals surface area (Å²) in [5.41, 5.74) is 12.3. The Morgan fingerprint density at radius 1 is 0.371 bits per heavy atom. The van der Waals surface area contributed by atoms with Crippen molar-refractivity contribution in [2.45, 2.75) is 161 Å². The smallest absolute Gasteiger partial charge is 0.231 e. The lowest BCUT2D eigenvalue weighted by Crippen LogP contribution is -2.24. The first kappa shape index (κ1) is 49.5. The fraction of sp³-hybridized carbons (Fsp3) is 0.492. The zero-order valence-electron chi connectivity index (χ0n) is 41.5. The number of hydrogen-bond donors (Lipinski definition) is 0. The molecule has 11 heteroatoms. The van der Waals surface area contributed by atoms with Gasteiger partial charge in [0.25, 0.3) is 0 Å². The van der Waals surface area contributed by atoms with E-state index in [0.717, 1.165) is 223 Å². The van der Waals surface area contributed by atoms with Gasteiger partial charge in [-0.15, -0.1) is 0 Å². The van der Waals surface area contributed by atoms with Gasteiger partial charge in [-0.3, -0.25) is 0 Å². The van der Waals surface area contributed by atoms with Crippen LogP contribution >= 0.6 is 47.8 Å². The predicted octanol–water partition coefficient (Wildman–Crippen LogP) is 18.0. The Morgan fingerprint density at radius 2 is 0.629 bits per heavy atom. The van der Waals surface area contributed by atoms with Crippen LogP contribution < -0.4 is 37.9 Å². The lowest BCUT2D eigenvalue weighted by Gasteiger charge is -2.37. The fourth-order valence-electron chi connectivity index (χ4n) is 11.9. The Balaban J connectivity index is 1.39. The first-order valence-corrected chi connectivity index (χ1v) is 28.5. The normalized spacial score (nSPS) is 19.0. The molecule has 5 aliphatic rings. The SMILES string of the molecule is CCCCCC1c2cc3c4c(Br)c2OCOc2c1cc1c(c2Br)OCOc2c(cc5c(c2-c2ccccc2C)OCOc2c(cc(c(c2Br)OCO4)C3CCCCC)C5CCCCC)C1CCCCC. The quantitative estimate of drug-likeness (QED) is 0.0853. The summed E-state index contributed by atoms with van der Waals surface area (Å²) >= 11 is 12.5. The van der Waals surface area contributed by atoms with Crippen LogP contribution in [0.25, 0.3) is 11.1 Å². The molecular weight excluding hydrogens is 1080 g/mol. The molecule has 0 spiro atoms. The van der Waals surface area contributed by atoms with E-state index in [-0.39, 0.29) is 50.8 Å². The summed E-state index contributed by atoms with van der Waals surface area (Å²) in [5, 5.41) is 0. The molecule has 0 N–H and O–H groups in total. The lowest BCUT2D eigenvalue weighted by atomic mass is 9.75. The van der Waals surface area contributed by atoms with E-state index in [1.54, 1.807) is 0 Å². The molecule has 0 aromatic heterocycles. The number of unbranched alkanes of at least 4 members (excludes halogenated alkanes) is 8. The second-order valence-corrected chi connectivity index (χ2v) is 22.2. The highest BCUT2D eigenvalue weighted by Crippen LogP contribution is 2.61. The Hall–Kier alpha value is -4.06. The van der Waals surface area contributed by atoms with Gasteiger partial charge in [-0.05, 0) is 116 Å².